The fourth-order valence-corrected chi connectivity index (χ4v) is 2.01. The molecule has 1 aromatic rings. The van der Waals surface area contributed by atoms with Crippen molar-refractivity contribution in [3.05, 3.63) is 39.6 Å². The molecule has 0 unspecified atom stereocenters. The van der Waals surface area contributed by atoms with Gasteiger partial charge in [-0.15, -0.1) is 0 Å². The van der Waals surface area contributed by atoms with Crippen LogP contribution >= 0.6 is 15.9 Å². The Hall–Kier alpha value is -0.670. The van der Waals surface area contributed by atoms with Crippen molar-refractivity contribution >= 4 is 22.0 Å². The summed E-state index contributed by atoms with van der Waals surface area (Å²) >= 11 is 3.45. The number of hydrogen-bond donors (Lipinski definition) is 1. The lowest BCUT2D eigenvalue weighted by Crippen LogP contribution is -2.21. The summed E-state index contributed by atoms with van der Waals surface area (Å²) in [5.74, 6) is 0.444. The maximum absolute atomic E-state index is 13.2. The second-order valence-corrected chi connectivity index (χ2v) is 5.70. The van der Waals surface area contributed by atoms with Gasteiger partial charge in [0.15, 0.2) is 0 Å². The second-order valence-electron chi connectivity index (χ2n) is 4.85. The minimum Gasteiger partial charge on any atom is -0.313 e. The molecule has 3 heteroatoms. The molecule has 1 N–H and O–H groups in total. The molecule has 0 aromatic heterocycles. The fraction of sp³-hybridized carbons (Fsp3) is 0.467. The standard InChI is InChI=1S/C15H21BrFN/c1-4-12(10-18-9-11(2)3)7-13-8-14(17)5-6-15(13)16/h5-8,11,18H,4,9-10H2,1-3H3/b12-7-. The van der Waals surface area contributed by atoms with Crippen molar-refractivity contribution in [2.45, 2.75) is 27.2 Å². The summed E-state index contributed by atoms with van der Waals surface area (Å²) in [4.78, 5) is 0. The number of rotatable bonds is 6. The Kier molecular flexibility index (Phi) is 6.58. The number of benzene rings is 1. The molecule has 1 nitrogen and oxygen atoms in total. The molecule has 0 aliphatic carbocycles. The highest BCUT2D eigenvalue weighted by Gasteiger charge is 2.02. The molecule has 0 saturated heterocycles. The average Bonchev–Trinajstić information content (AvgIpc) is 2.32. The molecule has 18 heavy (non-hydrogen) atoms. The number of hydrogen-bond acceptors (Lipinski definition) is 1. The van der Waals surface area contributed by atoms with Gasteiger partial charge in [-0.1, -0.05) is 48.4 Å². The van der Waals surface area contributed by atoms with Crippen molar-refractivity contribution in [1.29, 1.82) is 0 Å². The molecule has 0 amide bonds. The molecule has 0 aliphatic heterocycles. The zero-order valence-corrected chi connectivity index (χ0v) is 12.8. The van der Waals surface area contributed by atoms with Crippen LogP contribution in [0.1, 0.15) is 32.8 Å². The summed E-state index contributed by atoms with van der Waals surface area (Å²) in [5.41, 5.74) is 2.18. The first kappa shape index (κ1) is 15.4. The SMILES string of the molecule is CC/C(=C/c1cc(F)ccc1Br)CNCC(C)C. The van der Waals surface area contributed by atoms with Gasteiger partial charge in [0.05, 0.1) is 0 Å². The van der Waals surface area contributed by atoms with Gasteiger partial charge in [-0.3, -0.25) is 0 Å². The maximum atomic E-state index is 13.2. The maximum Gasteiger partial charge on any atom is 0.123 e. The van der Waals surface area contributed by atoms with Crippen molar-refractivity contribution in [2.75, 3.05) is 13.1 Å². The predicted octanol–water partition coefficient (Wildman–Crippen LogP) is 4.63. The summed E-state index contributed by atoms with van der Waals surface area (Å²) in [6, 6.07) is 4.77. The van der Waals surface area contributed by atoms with Gasteiger partial charge in [0, 0.05) is 11.0 Å². The van der Waals surface area contributed by atoms with Gasteiger partial charge in [-0.25, -0.2) is 4.39 Å². The molecule has 1 rings (SSSR count). The normalized spacial score (nSPS) is 12.2. The lowest BCUT2D eigenvalue weighted by atomic mass is 10.1. The lowest BCUT2D eigenvalue weighted by Gasteiger charge is -2.10. The van der Waals surface area contributed by atoms with Crippen LogP contribution in [0.3, 0.4) is 0 Å². The van der Waals surface area contributed by atoms with Crippen LogP contribution in [-0.2, 0) is 0 Å². The Morgan fingerprint density at radius 2 is 2.17 bits per heavy atom. The largest absolute Gasteiger partial charge is 0.313 e. The summed E-state index contributed by atoms with van der Waals surface area (Å²) < 4.78 is 14.1. The Morgan fingerprint density at radius 3 is 2.78 bits per heavy atom. The first-order chi connectivity index (χ1) is 8.52. The van der Waals surface area contributed by atoms with Crippen LogP contribution in [0.2, 0.25) is 0 Å². The molecule has 0 heterocycles. The first-order valence-electron chi connectivity index (χ1n) is 6.38. The molecule has 100 valence electrons. The van der Waals surface area contributed by atoms with Gasteiger partial charge < -0.3 is 5.32 Å². The zero-order chi connectivity index (χ0) is 13.5. The summed E-state index contributed by atoms with van der Waals surface area (Å²) in [7, 11) is 0. The van der Waals surface area contributed by atoms with E-state index in [0.717, 1.165) is 29.5 Å². The third-order valence-electron chi connectivity index (χ3n) is 2.68. The second kappa shape index (κ2) is 7.70. The molecule has 0 atom stereocenters. The number of halogens is 2. The highest BCUT2D eigenvalue weighted by molar-refractivity contribution is 9.10. The Labute approximate surface area is 118 Å². The van der Waals surface area contributed by atoms with Gasteiger partial charge in [-0.05, 0) is 42.6 Å². The third kappa shape index (κ3) is 5.32. The topological polar surface area (TPSA) is 12.0 Å². The fourth-order valence-electron chi connectivity index (χ4n) is 1.64. The molecule has 1 aromatic carbocycles. The molecule has 0 aliphatic rings. The van der Waals surface area contributed by atoms with E-state index in [0.29, 0.717) is 5.92 Å². The van der Waals surface area contributed by atoms with Gasteiger partial charge in [0.1, 0.15) is 5.82 Å². The quantitative estimate of drug-likeness (QED) is 0.807. The molecule has 0 fully saturated rings. The van der Waals surface area contributed by atoms with E-state index in [1.54, 1.807) is 12.1 Å². The van der Waals surface area contributed by atoms with Gasteiger partial charge in [0.2, 0.25) is 0 Å². The Bertz CT molecular complexity index is 413. The Balaban J connectivity index is 2.74. The van der Waals surface area contributed by atoms with Crippen LogP contribution < -0.4 is 5.32 Å². The van der Waals surface area contributed by atoms with E-state index in [1.165, 1.54) is 11.6 Å². The van der Waals surface area contributed by atoms with E-state index in [2.05, 4.69) is 48.1 Å². The molecule has 0 saturated carbocycles. The van der Waals surface area contributed by atoms with E-state index in [4.69, 9.17) is 0 Å². The highest BCUT2D eigenvalue weighted by atomic mass is 79.9. The van der Waals surface area contributed by atoms with Crippen LogP contribution in [-0.4, -0.2) is 13.1 Å². The lowest BCUT2D eigenvalue weighted by molar-refractivity contribution is 0.569. The molecule has 0 spiro atoms. The van der Waals surface area contributed by atoms with Crippen molar-refractivity contribution in [3.63, 3.8) is 0 Å². The van der Waals surface area contributed by atoms with Crippen LogP contribution in [0.5, 0.6) is 0 Å². The summed E-state index contributed by atoms with van der Waals surface area (Å²) in [5, 5.41) is 3.41. The minimum atomic E-state index is -0.199. The van der Waals surface area contributed by atoms with E-state index in [-0.39, 0.29) is 5.82 Å². The summed E-state index contributed by atoms with van der Waals surface area (Å²) in [6.07, 6.45) is 3.02. The van der Waals surface area contributed by atoms with Crippen molar-refractivity contribution in [2.24, 2.45) is 5.92 Å². The monoisotopic (exact) mass is 313 g/mol. The van der Waals surface area contributed by atoms with Crippen LogP contribution in [0, 0.1) is 11.7 Å². The van der Waals surface area contributed by atoms with Crippen LogP contribution in [0.25, 0.3) is 6.08 Å². The Morgan fingerprint density at radius 1 is 1.44 bits per heavy atom. The average molecular weight is 314 g/mol. The van der Waals surface area contributed by atoms with Crippen LogP contribution in [0.15, 0.2) is 28.2 Å². The van der Waals surface area contributed by atoms with Gasteiger partial charge in [0.25, 0.3) is 0 Å². The van der Waals surface area contributed by atoms with E-state index in [9.17, 15) is 4.39 Å². The van der Waals surface area contributed by atoms with Crippen molar-refractivity contribution in [3.8, 4) is 0 Å². The minimum absolute atomic E-state index is 0.199. The predicted molar refractivity (Wildman–Crippen MR) is 80.1 cm³/mol. The highest BCUT2D eigenvalue weighted by Crippen LogP contribution is 2.21. The molecular formula is C15H21BrFN. The van der Waals surface area contributed by atoms with Crippen molar-refractivity contribution in [1.82, 2.24) is 5.32 Å². The van der Waals surface area contributed by atoms with Gasteiger partial charge >= 0.3 is 0 Å². The molecular weight excluding hydrogens is 293 g/mol. The smallest absolute Gasteiger partial charge is 0.123 e. The van der Waals surface area contributed by atoms with Crippen LogP contribution in [0.4, 0.5) is 4.39 Å². The van der Waals surface area contributed by atoms with E-state index in [1.807, 2.05) is 0 Å². The van der Waals surface area contributed by atoms with E-state index < -0.39 is 0 Å². The number of nitrogens with one attached hydrogen (secondary N) is 1. The zero-order valence-electron chi connectivity index (χ0n) is 11.3. The van der Waals surface area contributed by atoms with E-state index >= 15 is 0 Å². The van der Waals surface area contributed by atoms with Gasteiger partial charge in [-0.2, -0.15) is 0 Å². The van der Waals surface area contributed by atoms with Crippen molar-refractivity contribution < 1.29 is 4.39 Å². The first-order valence-corrected chi connectivity index (χ1v) is 7.17. The summed E-state index contributed by atoms with van der Waals surface area (Å²) in [6.45, 7) is 8.35. The third-order valence-corrected chi connectivity index (χ3v) is 3.40. The molecule has 0 bridgehead atoms. The molecule has 0 radical (unpaired) electrons.